The highest BCUT2D eigenvalue weighted by Gasteiger charge is 2.14. The number of carbonyl (C=O) groups is 1. The first-order valence-corrected chi connectivity index (χ1v) is 13.1. The number of anilines is 1. The number of hydrogen-bond acceptors (Lipinski definition) is 7. The van der Waals surface area contributed by atoms with E-state index in [0.29, 0.717) is 18.7 Å². The number of benzene rings is 3. The second-order valence-corrected chi connectivity index (χ2v) is 10.2. The lowest BCUT2D eigenvalue weighted by Gasteiger charge is -2.16. The Morgan fingerprint density at radius 3 is 2.36 bits per heavy atom. The summed E-state index contributed by atoms with van der Waals surface area (Å²) >= 11 is 0. The van der Waals surface area contributed by atoms with Gasteiger partial charge in [0, 0.05) is 13.1 Å². The third kappa shape index (κ3) is 6.97. The van der Waals surface area contributed by atoms with Gasteiger partial charge in [0.05, 0.1) is 23.6 Å². The van der Waals surface area contributed by atoms with Crippen LogP contribution in [0.4, 0.5) is 5.69 Å². The standard InChI is InChI=1S/C26H30N2O7S/c1-16-17(2)25(11-9-21(16)18-4-6-19(7-5-18)26(31)32)35-13-12-27-15-24(30)20-8-10-23(29)22(14-20)28-36(3,33)34/h4-11,14,24,27-30H,12-13,15H2,1-3H3,(H,31,32)/t24-/m0/s1. The lowest BCUT2D eigenvalue weighted by Crippen LogP contribution is -2.26. The van der Waals surface area contributed by atoms with Crippen molar-refractivity contribution in [3.05, 3.63) is 76.9 Å². The number of aromatic carboxylic acids is 1. The third-order valence-corrected chi connectivity index (χ3v) is 6.35. The smallest absolute Gasteiger partial charge is 0.335 e. The van der Waals surface area contributed by atoms with Crippen molar-refractivity contribution >= 4 is 21.7 Å². The molecule has 9 nitrogen and oxygen atoms in total. The fourth-order valence-electron chi connectivity index (χ4n) is 3.69. The van der Waals surface area contributed by atoms with Crippen LogP contribution in [0.5, 0.6) is 11.5 Å². The van der Waals surface area contributed by atoms with E-state index >= 15 is 0 Å². The molecule has 3 aromatic rings. The molecule has 36 heavy (non-hydrogen) atoms. The molecule has 192 valence electrons. The minimum atomic E-state index is -3.57. The highest BCUT2D eigenvalue weighted by atomic mass is 32.2. The number of phenolic OH excluding ortho intramolecular Hbond substituents is 1. The zero-order valence-electron chi connectivity index (χ0n) is 20.3. The summed E-state index contributed by atoms with van der Waals surface area (Å²) in [5.41, 5.74) is 4.62. The summed E-state index contributed by atoms with van der Waals surface area (Å²) in [5.74, 6) is -0.460. The van der Waals surface area contributed by atoms with Gasteiger partial charge in [-0.2, -0.15) is 0 Å². The highest BCUT2D eigenvalue weighted by molar-refractivity contribution is 7.92. The molecular formula is C26H30N2O7S. The minimum absolute atomic E-state index is 0.00417. The summed E-state index contributed by atoms with van der Waals surface area (Å²) in [4.78, 5) is 11.1. The van der Waals surface area contributed by atoms with E-state index in [2.05, 4.69) is 10.0 Å². The molecule has 5 N–H and O–H groups in total. The Bertz CT molecular complexity index is 1340. The molecule has 0 saturated carbocycles. The molecule has 0 saturated heterocycles. The maximum atomic E-state index is 11.4. The van der Waals surface area contributed by atoms with E-state index in [1.807, 2.05) is 26.0 Å². The molecule has 0 radical (unpaired) electrons. The van der Waals surface area contributed by atoms with Crippen LogP contribution in [0.15, 0.2) is 54.6 Å². The summed E-state index contributed by atoms with van der Waals surface area (Å²) in [6.45, 7) is 4.97. The molecule has 0 aliphatic heterocycles. The average molecular weight is 515 g/mol. The Morgan fingerprint density at radius 2 is 1.72 bits per heavy atom. The van der Waals surface area contributed by atoms with Crippen LogP contribution in [0.3, 0.4) is 0 Å². The second kappa shape index (κ2) is 11.4. The van der Waals surface area contributed by atoms with Gasteiger partial charge in [-0.15, -0.1) is 0 Å². The first-order chi connectivity index (χ1) is 17.0. The summed E-state index contributed by atoms with van der Waals surface area (Å²) in [5, 5.41) is 32.4. The summed E-state index contributed by atoms with van der Waals surface area (Å²) in [6, 6.07) is 14.8. The number of aliphatic hydroxyl groups is 1. The number of aromatic hydroxyl groups is 1. The van der Waals surface area contributed by atoms with Crippen LogP contribution >= 0.6 is 0 Å². The molecule has 0 unspecified atom stereocenters. The molecule has 0 aromatic heterocycles. The van der Waals surface area contributed by atoms with Crippen molar-refractivity contribution in [2.24, 2.45) is 0 Å². The predicted octanol–water partition coefficient (Wildman–Crippen LogP) is 3.45. The molecule has 3 rings (SSSR count). The van der Waals surface area contributed by atoms with Gasteiger partial charge in [-0.1, -0.05) is 24.3 Å². The van der Waals surface area contributed by atoms with Crippen LogP contribution in [0.2, 0.25) is 0 Å². The van der Waals surface area contributed by atoms with Crippen molar-refractivity contribution in [1.82, 2.24) is 5.32 Å². The van der Waals surface area contributed by atoms with Crippen molar-refractivity contribution in [2.45, 2.75) is 20.0 Å². The van der Waals surface area contributed by atoms with E-state index in [-0.39, 0.29) is 23.5 Å². The minimum Gasteiger partial charge on any atom is -0.506 e. The van der Waals surface area contributed by atoms with Crippen LogP contribution in [-0.2, 0) is 10.0 Å². The quantitative estimate of drug-likeness (QED) is 0.193. The third-order valence-electron chi connectivity index (χ3n) is 5.76. The molecule has 0 bridgehead atoms. The van der Waals surface area contributed by atoms with Crippen LogP contribution in [0, 0.1) is 13.8 Å². The lowest BCUT2D eigenvalue weighted by molar-refractivity contribution is 0.0697. The number of ether oxygens (including phenoxy) is 1. The van der Waals surface area contributed by atoms with Crippen molar-refractivity contribution < 1.29 is 33.3 Å². The van der Waals surface area contributed by atoms with Crippen LogP contribution in [-0.4, -0.2) is 55.7 Å². The van der Waals surface area contributed by atoms with Gasteiger partial charge in [-0.05, 0) is 72.0 Å². The number of sulfonamides is 1. The molecule has 3 aromatic carbocycles. The number of hydrogen-bond donors (Lipinski definition) is 5. The van der Waals surface area contributed by atoms with Crippen molar-refractivity contribution in [1.29, 1.82) is 0 Å². The molecular weight excluding hydrogens is 484 g/mol. The van der Waals surface area contributed by atoms with E-state index < -0.39 is 22.1 Å². The molecule has 0 aliphatic rings. The molecule has 10 heteroatoms. The van der Waals surface area contributed by atoms with Gasteiger partial charge in [0.2, 0.25) is 10.0 Å². The second-order valence-electron chi connectivity index (χ2n) is 8.46. The zero-order chi connectivity index (χ0) is 26.5. The Hall–Kier alpha value is -3.60. The first kappa shape index (κ1) is 27.0. The number of carboxylic acid groups (broad SMARTS) is 1. The number of carboxylic acids is 1. The Labute approximate surface area is 210 Å². The maximum absolute atomic E-state index is 11.4. The van der Waals surface area contributed by atoms with Gasteiger partial charge >= 0.3 is 5.97 Å². The normalized spacial score (nSPS) is 12.2. The monoisotopic (exact) mass is 514 g/mol. The molecule has 0 aliphatic carbocycles. The van der Waals surface area contributed by atoms with Gasteiger partial charge in [0.1, 0.15) is 18.1 Å². The maximum Gasteiger partial charge on any atom is 0.335 e. The predicted molar refractivity (Wildman–Crippen MR) is 138 cm³/mol. The SMILES string of the molecule is Cc1c(OCCNC[C@H](O)c2ccc(O)c(NS(C)(=O)=O)c2)ccc(-c2ccc(C(=O)O)cc2)c1C. The average Bonchev–Trinajstić information content (AvgIpc) is 2.82. The van der Waals surface area contributed by atoms with Gasteiger partial charge in [-0.3, -0.25) is 4.72 Å². The highest BCUT2D eigenvalue weighted by Crippen LogP contribution is 2.31. The van der Waals surface area contributed by atoms with E-state index in [0.717, 1.165) is 34.3 Å². The van der Waals surface area contributed by atoms with Crippen LogP contribution in [0.25, 0.3) is 11.1 Å². The number of phenols is 1. The largest absolute Gasteiger partial charge is 0.506 e. The van der Waals surface area contributed by atoms with Crippen molar-refractivity contribution in [3.63, 3.8) is 0 Å². The fraction of sp³-hybridized carbons (Fsp3) is 0.269. The van der Waals surface area contributed by atoms with Crippen LogP contribution in [0.1, 0.15) is 33.2 Å². The van der Waals surface area contributed by atoms with Gasteiger partial charge in [0.25, 0.3) is 0 Å². The number of rotatable bonds is 11. The Kier molecular flexibility index (Phi) is 8.57. The molecule has 0 heterocycles. The summed E-state index contributed by atoms with van der Waals surface area (Å²) in [7, 11) is -3.57. The lowest BCUT2D eigenvalue weighted by atomic mass is 9.96. The Morgan fingerprint density at radius 1 is 1.03 bits per heavy atom. The fourth-order valence-corrected chi connectivity index (χ4v) is 4.25. The molecule has 1 atom stereocenters. The van der Waals surface area contributed by atoms with E-state index in [4.69, 9.17) is 9.84 Å². The summed E-state index contributed by atoms with van der Waals surface area (Å²) in [6.07, 6.45) is 0.0633. The van der Waals surface area contributed by atoms with Crippen molar-refractivity contribution in [2.75, 3.05) is 30.7 Å². The van der Waals surface area contributed by atoms with Gasteiger partial charge in [0.15, 0.2) is 0 Å². The molecule has 0 fully saturated rings. The van der Waals surface area contributed by atoms with Gasteiger partial charge < -0.3 is 25.4 Å². The summed E-state index contributed by atoms with van der Waals surface area (Å²) < 4.78 is 31.0. The van der Waals surface area contributed by atoms with Crippen molar-refractivity contribution in [3.8, 4) is 22.6 Å². The number of nitrogens with one attached hydrogen (secondary N) is 2. The van der Waals surface area contributed by atoms with E-state index in [1.54, 1.807) is 24.3 Å². The van der Waals surface area contributed by atoms with Gasteiger partial charge in [-0.25, -0.2) is 13.2 Å². The zero-order valence-corrected chi connectivity index (χ0v) is 21.1. The molecule has 0 amide bonds. The first-order valence-electron chi connectivity index (χ1n) is 11.2. The van der Waals surface area contributed by atoms with Crippen LogP contribution < -0.4 is 14.8 Å². The number of aliphatic hydroxyl groups excluding tert-OH is 1. The topological polar surface area (TPSA) is 145 Å². The van der Waals surface area contributed by atoms with E-state index in [9.17, 15) is 23.4 Å². The van der Waals surface area contributed by atoms with E-state index in [1.165, 1.54) is 18.2 Å². The Balaban J connectivity index is 1.54. The molecule has 0 spiro atoms.